The molecule has 0 unspecified atom stereocenters. The van der Waals surface area contributed by atoms with Crippen LogP contribution in [0.1, 0.15) is 67.8 Å². The fraction of sp³-hybridized carbons (Fsp3) is 0.286. The predicted molar refractivity (Wildman–Crippen MR) is 133 cm³/mol. The monoisotopic (exact) mass is 444 g/mol. The van der Waals surface area contributed by atoms with Crippen LogP contribution in [0.2, 0.25) is 0 Å². The van der Waals surface area contributed by atoms with Crippen molar-refractivity contribution in [1.29, 1.82) is 0 Å². The lowest BCUT2D eigenvalue weighted by atomic mass is 9.92. The molecule has 3 aromatic rings. The van der Waals surface area contributed by atoms with Gasteiger partial charge in [0, 0.05) is 5.69 Å². The van der Waals surface area contributed by atoms with E-state index in [-0.39, 0.29) is 24.3 Å². The zero-order valence-corrected chi connectivity index (χ0v) is 19.7. The number of hydrogen-bond acceptors (Lipinski definition) is 2. The Kier molecular flexibility index (Phi) is 7.88. The predicted octanol–water partition coefficient (Wildman–Crippen LogP) is 6.64. The molecule has 0 radical (unpaired) electrons. The lowest BCUT2D eigenvalue weighted by Gasteiger charge is -2.30. The molecule has 0 fully saturated rings. The molecular weight excluding hydrogens is 412 g/mol. The highest BCUT2D eigenvalue weighted by Crippen LogP contribution is 2.33. The van der Waals surface area contributed by atoms with Gasteiger partial charge in [0.2, 0.25) is 5.91 Å². The van der Waals surface area contributed by atoms with Crippen molar-refractivity contribution in [1.82, 2.24) is 4.90 Å². The molecule has 5 heteroatoms. The average Bonchev–Trinajstić information content (AvgIpc) is 2.79. The lowest BCUT2D eigenvalue weighted by Crippen LogP contribution is -2.40. The summed E-state index contributed by atoms with van der Waals surface area (Å²) in [7, 11) is 0. The van der Waals surface area contributed by atoms with Crippen LogP contribution in [-0.4, -0.2) is 28.6 Å². The third kappa shape index (κ3) is 5.80. The van der Waals surface area contributed by atoms with Gasteiger partial charge < -0.3 is 10.4 Å². The van der Waals surface area contributed by atoms with Gasteiger partial charge in [-0.2, -0.15) is 0 Å². The van der Waals surface area contributed by atoms with E-state index in [1.165, 1.54) is 4.90 Å². The molecular formula is C28H32N2O3. The van der Waals surface area contributed by atoms with Gasteiger partial charge in [-0.15, -0.1) is 0 Å². The van der Waals surface area contributed by atoms with Crippen LogP contribution in [0.3, 0.4) is 0 Å². The fourth-order valence-corrected chi connectivity index (χ4v) is 4.12. The molecule has 2 amide bonds. The number of anilines is 1. The van der Waals surface area contributed by atoms with Crippen molar-refractivity contribution in [2.45, 2.75) is 45.6 Å². The zero-order chi connectivity index (χ0) is 24.0. The van der Waals surface area contributed by atoms with Crippen LogP contribution in [0.5, 0.6) is 0 Å². The van der Waals surface area contributed by atoms with Gasteiger partial charge in [0.05, 0.1) is 6.04 Å². The molecule has 3 aromatic carbocycles. The van der Waals surface area contributed by atoms with Gasteiger partial charge in [-0.3, -0.25) is 9.69 Å². The minimum atomic E-state index is -1.15. The van der Waals surface area contributed by atoms with E-state index in [0.29, 0.717) is 0 Å². The van der Waals surface area contributed by atoms with Crippen LogP contribution in [0.15, 0.2) is 78.9 Å². The Labute approximate surface area is 196 Å². The van der Waals surface area contributed by atoms with Crippen molar-refractivity contribution in [3.63, 3.8) is 0 Å². The molecule has 2 N–H and O–H groups in total. The van der Waals surface area contributed by atoms with E-state index in [9.17, 15) is 14.7 Å². The van der Waals surface area contributed by atoms with Gasteiger partial charge in [0.25, 0.3) is 0 Å². The Morgan fingerprint density at radius 1 is 0.758 bits per heavy atom. The smallest absolute Gasteiger partial charge is 0.408 e. The van der Waals surface area contributed by atoms with E-state index in [2.05, 4.69) is 33.0 Å². The Morgan fingerprint density at radius 3 is 1.61 bits per heavy atom. The van der Waals surface area contributed by atoms with Crippen LogP contribution >= 0.6 is 0 Å². The minimum absolute atomic E-state index is 0.218. The molecule has 0 saturated carbocycles. The molecule has 0 saturated heterocycles. The highest BCUT2D eigenvalue weighted by atomic mass is 16.4. The molecule has 3 rings (SSSR count). The Bertz CT molecular complexity index is 1010. The number of nitrogens with zero attached hydrogens (tertiary/aromatic N) is 1. The van der Waals surface area contributed by atoms with Crippen LogP contribution < -0.4 is 5.32 Å². The largest absolute Gasteiger partial charge is 0.465 e. The number of nitrogens with one attached hydrogen (secondary N) is 1. The molecule has 0 bridgehead atoms. The van der Waals surface area contributed by atoms with Gasteiger partial charge in [-0.1, -0.05) is 107 Å². The Balaban J connectivity index is 1.96. The maximum atomic E-state index is 13.2. The first kappa shape index (κ1) is 24.1. The van der Waals surface area contributed by atoms with Crippen molar-refractivity contribution < 1.29 is 14.7 Å². The van der Waals surface area contributed by atoms with Crippen LogP contribution in [-0.2, 0) is 4.79 Å². The molecule has 0 aliphatic rings. The molecule has 0 aliphatic heterocycles. The molecule has 33 heavy (non-hydrogen) atoms. The summed E-state index contributed by atoms with van der Waals surface area (Å²) in [5.74, 6) is 0.0798. The summed E-state index contributed by atoms with van der Waals surface area (Å²) in [4.78, 5) is 26.8. The highest BCUT2D eigenvalue weighted by molar-refractivity contribution is 5.95. The number of amides is 2. The van der Waals surface area contributed by atoms with Gasteiger partial charge in [0.1, 0.15) is 6.54 Å². The lowest BCUT2D eigenvalue weighted by molar-refractivity contribution is -0.117. The summed E-state index contributed by atoms with van der Waals surface area (Å²) >= 11 is 0. The summed E-state index contributed by atoms with van der Waals surface area (Å²) in [6, 6.07) is 24.2. The molecule has 172 valence electrons. The van der Waals surface area contributed by atoms with Gasteiger partial charge in [-0.25, -0.2) is 4.79 Å². The third-order valence-electron chi connectivity index (χ3n) is 5.74. The molecule has 0 heterocycles. The third-order valence-corrected chi connectivity index (χ3v) is 5.74. The van der Waals surface area contributed by atoms with E-state index in [0.717, 1.165) is 27.9 Å². The topological polar surface area (TPSA) is 69.6 Å². The van der Waals surface area contributed by atoms with E-state index in [4.69, 9.17) is 0 Å². The van der Waals surface area contributed by atoms with Crippen LogP contribution in [0.4, 0.5) is 10.5 Å². The molecule has 5 nitrogen and oxygen atoms in total. The SMILES string of the molecule is CC(C)c1cccc(C(C)C)c1NC(=O)CN(C(=O)O)C(c1ccccc1)c1ccccc1. The fourth-order valence-electron chi connectivity index (χ4n) is 4.12. The second-order valence-electron chi connectivity index (χ2n) is 8.80. The maximum Gasteiger partial charge on any atom is 0.408 e. The summed E-state index contributed by atoms with van der Waals surface area (Å²) in [6.07, 6.45) is -1.15. The quantitative estimate of drug-likeness (QED) is 0.409. The number of benzene rings is 3. The van der Waals surface area contributed by atoms with Crippen molar-refractivity contribution in [2.75, 3.05) is 11.9 Å². The summed E-state index contributed by atoms with van der Waals surface area (Å²) < 4.78 is 0. The molecule has 0 spiro atoms. The molecule has 0 aliphatic carbocycles. The molecule has 0 atom stereocenters. The second kappa shape index (κ2) is 10.8. The van der Waals surface area contributed by atoms with E-state index in [1.54, 1.807) is 0 Å². The number of para-hydroxylation sites is 1. The van der Waals surface area contributed by atoms with Crippen molar-refractivity contribution in [3.05, 3.63) is 101 Å². The van der Waals surface area contributed by atoms with Crippen molar-refractivity contribution in [3.8, 4) is 0 Å². The highest BCUT2D eigenvalue weighted by Gasteiger charge is 2.29. The van der Waals surface area contributed by atoms with Crippen molar-refractivity contribution in [2.24, 2.45) is 0 Å². The number of rotatable bonds is 8. The summed E-state index contributed by atoms with van der Waals surface area (Å²) in [5.41, 5.74) is 4.49. The van der Waals surface area contributed by atoms with E-state index >= 15 is 0 Å². The minimum Gasteiger partial charge on any atom is -0.465 e. The van der Waals surface area contributed by atoms with Crippen LogP contribution in [0.25, 0.3) is 0 Å². The van der Waals surface area contributed by atoms with E-state index < -0.39 is 12.1 Å². The van der Waals surface area contributed by atoms with Gasteiger partial charge in [0.15, 0.2) is 0 Å². The Hall–Kier alpha value is -3.60. The number of carbonyl (C=O) groups excluding carboxylic acids is 1. The zero-order valence-electron chi connectivity index (χ0n) is 19.7. The summed E-state index contributed by atoms with van der Waals surface area (Å²) in [6.45, 7) is 8.05. The maximum absolute atomic E-state index is 13.2. The first-order chi connectivity index (χ1) is 15.8. The first-order valence-corrected chi connectivity index (χ1v) is 11.3. The standard InChI is InChI=1S/C28H32N2O3/c1-19(2)23-16-11-17-24(20(3)4)26(23)29-25(31)18-30(28(32)33)27(21-12-7-5-8-13-21)22-14-9-6-10-15-22/h5-17,19-20,27H,18H2,1-4H3,(H,29,31)(H,32,33). The number of carboxylic acid groups (broad SMARTS) is 1. The van der Waals surface area contributed by atoms with E-state index in [1.807, 2.05) is 78.9 Å². The van der Waals surface area contributed by atoms with Gasteiger partial charge in [-0.05, 0) is 34.1 Å². The average molecular weight is 445 g/mol. The second-order valence-corrected chi connectivity index (χ2v) is 8.80. The summed E-state index contributed by atoms with van der Waals surface area (Å²) in [5, 5.41) is 13.2. The first-order valence-electron chi connectivity index (χ1n) is 11.3. The number of carbonyl (C=O) groups is 2. The Morgan fingerprint density at radius 2 is 1.21 bits per heavy atom. The van der Waals surface area contributed by atoms with Crippen molar-refractivity contribution >= 4 is 17.7 Å². The number of hydrogen-bond donors (Lipinski definition) is 2. The normalized spacial score (nSPS) is 11.1. The molecule has 0 aromatic heterocycles. The van der Waals surface area contributed by atoms with Gasteiger partial charge >= 0.3 is 6.09 Å². The van der Waals surface area contributed by atoms with Crippen LogP contribution in [0, 0.1) is 0 Å².